The lowest BCUT2D eigenvalue weighted by atomic mass is 10.0. The smallest absolute Gasteiger partial charge is 0.251 e. The SMILES string of the molecule is C[C@@H](O)[C@@H]1NC(=O)[C@H](CCN)NC(=O)[C@H](CCN)NC(=O)[C@H](Cc2ccccc2)NC(=O)[C@@H](Cc2ccccc2)NC(=O)[C@H](CCN)NC(=O)[C@@H](NC(=O)[C@H](CCN)NC(=O)[C@@H](NC(=O)[C@H](CCN)NC(=O)c2ccc(-c3ccccc3)cc2)[C@@H](C)O)CCNC1=O. The van der Waals surface area contributed by atoms with Crippen LogP contribution in [0.15, 0.2) is 115 Å². The minimum atomic E-state index is -1.76. The lowest BCUT2D eigenvalue weighted by molar-refractivity contribution is -0.136. The molecule has 4 aromatic rings. The Morgan fingerprint density at radius 2 is 0.880 bits per heavy atom. The van der Waals surface area contributed by atoms with Crippen LogP contribution in [0.4, 0.5) is 0 Å². The fourth-order valence-corrected chi connectivity index (χ4v) is 9.91. The number of aliphatic hydroxyl groups excluding tert-OH is 2. The molecule has 0 aromatic heterocycles. The van der Waals surface area contributed by atoms with Crippen molar-refractivity contribution >= 4 is 65.0 Å². The van der Waals surface area contributed by atoms with Crippen molar-refractivity contribution in [3.05, 3.63) is 132 Å². The zero-order valence-electron chi connectivity index (χ0n) is 51.6. The molecule has 1 aliphatic rings. The van der Waals surface area contributed by atoms with Gasteiger partial charge in [0.1, 0.15) is 60.4 Å². The molecule has 1 heterocycles. The van der Waals surface area contributed by atoms with Crippen LogP contribution in [0.25, 0.3) is 11.1 Å². The van der Waals surface area contributed by atoms with Crippen molar-refractivity contribution in [2.75, 3.05) is 39.3 Å². The maximum Gasteiger partial charge on any atom is 0.251 e. The second-order valence-corrected chi connectivity index (χ2v) is 22.2. The summed E-state index contributed by atoms with van der Waals surface area (Å²) in [5.41, 5.74) is 32.7. The Bertz CT molecular complexity index is 3090. The molecule has 12 atom stereocenters. The molecule has 0 spiro atoms. The van der Waals surface area contributed by atoms with Gasteiger partial charge in [0.15, 0.2) is 0 Å². The number of aliphatic hydroxyl groups is 2. The monoisotopic (exact) mass is 1280 g/mol. The number of rotatable bonds is 25. The van der Waals surface area contributed by atoms with E-state index in [1.807, 2.05) is 30.3 Å². The maximum atomic E-state index is 14.7. The number of nitrogens with one attached hydrogen (secondary N) is 11. The topological polar surface area (TPSA) is 491 Å². The molecule has 4 aromatic carbocycles. The predicted octanol–water partition coefficient (Wildman–Crippen LogP) is -4.67. The predicted molar refractivity (Wildman–Crippen MR) is 340 cm³/mol. The molecule has 92 heavy (non-hydrogen) atoms. The molecule has 0 radical (unpaired) electrons. The zero-order chi connectivity index (χ0) is 67.3. The Hall–Kier alpha value is -9.23. The molecule has 0 saturated carbocycles. The molecule has 498 valence electrons. The van der Waals surface area contributed by atoms with Crippen LogP contribution in [0.3, 0.4) is 0 Å². The molecular formula is C63H88N16O13. The van der Waals surface area contributed by atoms with Gasteiger partial charge in [0.25, 0.3) is 5.91 Å². The largest absolute Gasteiger partial charge is 0.391 e. The summed E-state index contributed by atoms with van der Waals surface area (Å²) in [6.07, 6.45) is -4.97. The van der Waals surface area contributed by atoms with E-state index in [-0.39, 0.29) is 83.2 Å². The van der Waals surface area contributed by atoms with Crippen LogP contribution in [0, 0.1) is 0 Å². The zero-order valence-corrected chi connectivity index (χ0v) is 51.6. The fraction of sp³-hybridized carbons (Fsp3) is 0.444. The van der Waals surface area contributed by atoms with Gasteiger partial charge in [0.2, 0.25) is 59.1 Å². The van der Waals surface area contributed by atoms with E-state index in [4.69, 9.17) is 28.7 Å². The van der Waals surface area contributed by atoms with E-state index in [0.29, 0.717) is 11.1 Å². The van der Waals surface area contributed by atoms with Gasteiger partial charge >= 0.3 is 0 Å². The van der Waals surface area contributed by atoms with Crippen LogP contribution < -0.4 is 87.2 Å². The van der Waals surface area contributed by atoms with Gasteiger partial charge in [-0.05, 0) is 119 Å². The van der Waals surface area contributed by atoms with Crippen molar-refractivity contribution in [2.24, 2.45) is 28.7 Å². The van der Waals surface area contributed by atoms with Crippen molar-refractivity contribution in [3.63, 3.8) is 0 Å². The van der Waals surface area contributed by atoms with Gasteiger partial charge in [-0.25, -0.2) is 0 Å². The van der Waals surface area contributed by atoms with E-state index in [9.17, 15) is 63.0 Å². The van der Waals surface area contributed by atoms with E-state index in [0.717, 1.165) is 11.1 Å². The van der Waals surface area contributed by atoms with Gasteiger partial charge in [-0.3, -0.25) is 52.7 Å². The number of hydrogen-bond donors (Lipinski definition) is 18. The van der Waals surface area contributed by atoms with Gasteiger partial charge < -0.3 is 97.4 Å². The Labute approximate surface area is 533 Å². The molecule has 23 N–H and O–H groups in total. The summed E-state index contributed by atoms with van der Waals surface area (Å²) < 4.78 is 0. The third kappa shape index (κ3) is 22.9. The van der Waals surface area contributed by atoms with Crippen LogP contribution in [0.5, 0.6) is 0 Å². The molecule has 5 rings (SSSR count). The standard InChI is InChI=1S/C63H88N16O13/c1-36(80)51-62(91)69-33-27-48(74-55(84)45(24-30-66)75-63(92)52(37(2)81)79-58(87)46(25-31-67)70-53(82)42-20-18-41(19-21-42)40-16-10-5-11-17-40)57(86)71-44(23-29-65)56(85)76-50(35-39-14-8-4-9-15-39)61(90)77-49(34-38-12-6-3-7-13-38)60(89)73-43(22-28-64)54(83)72-47(26-32-68)59(88)78-51/h3-21,36-37,43-52,80-81H,22-35,64-68H2,1-2H3,(H,69,91)(H,70,82)(H,71,86)(H,72,83)(H,73,89)(H,74,84)(H,75,92)(H,76,85)(H,77,90)(H,78,88)(H,79,87)/t36-,37-,43+,44+,45+,46+,47+,48+,49+,50-,51+,52+/m1/s1. The van der Waals surface area contributed by atoms with E-state index < -0.39 is 151 Å². The van der Waals surface area contributed by atoms with Crippen LogP contribution in [0.1, 0.15) is 73.9 Å². The quantitative estimate of drug-likeness (QED) is 0.0297. The summed E-state index contributed by atoms with van der Waals surface area (Å²) >= 11 is 0. The van der Waals surface area contributed by atoms with Gasteiger partial charge in [0, 0.05) is 24.9 Å². The highest BCUT2D eigenvalue weighted by Crippen LogP contribution is 2.20. The highest BCUT2D eigenvalue weighted by molar-refractivity contribution is 6.01. The van der Waals surface area contributed by atoms with Gasteiger partial charge in [-0.1, -0.05) is 103 Å². The number of carbonyl (C=O) groups is 11. The molecule has 11 amide bonds. The Morgan fingerprint density at radius 3 is 1.33 bits per heavy atom. The lowest BCUT2D eigenvalue weighted by Crippen LogP contribution is -2.62. The summed E-state index contributed by atoms with van der Waals surface area (Å²) in [5, 5.41) is 49.9. The number of benzene rings is 4. The average molecular weight is 1280 g/mol. The fourth-order valence-electron chi connectivity index (χ4n) is 9.91. The van der Waals surface area contributed by atoms with Gasteiger partial charge in [-0.15, -0.1) is 0 Å². The number of nitrogens with two attached hydrogens (primary N) is 5. The van der Waals surface area contributed by atoms with E-state index in [2.05, 4.69) is 58.5 Å². The van der Waals surface area contributed by atoms with Crippen molar-refractivity contribution < 1.29 is 63.0 Å². The number of hydrogen-bond acceptors (Lipinski definition) is 18. The highest BCUT2D eigenvalue weighted by atomic mass is 16.3. The van der Waals surface area contributed by atoms with Crippen LogP contribution >= 0.6 is 0 Å². The minimum absolute atomic E-state index is 0.0837. The van der Waals surface area contributed by atoms with Crippen molar-refractivity contribution in [1.82, 2.24) is 58.5 Å². The van der Waals surface area contributed by atoms with E-state index in [1.54, 1.807) is 84.9 Å². The maximum absolute atomic E-state index is 14.7. The molecule has 0 aliphatic carbocycles. The third-order valence-electron chi connectivity index (χ3n) is 15.0. The first-order valence-electron chi connectivity index (χ1n) is 30.5. The third-order valence-corrected chi connectivity index (χ3v) is 15.0. The molecule has 1 aliphatic heterocycles. The minimum Gasteiger partial charge on any atom is -0.391 e. The summed E-state index contributed by atoms with van der Waals surface area (Å²) in [6, 6.07) is 17.8. The Balaban J connectivity index is 1.46. The first-order valence-corrected chi connectivity index (χ1v) is 30.5. The number of amides is 11. The lowest BCUT2D eigenvalue weighted by Gasteiger charge is -2.28. The van der Waals surface area contributed by atoms with Gasteiger partial charge in [-0.2, -0.15) is 0 Å². The first-order chi connectivity index (χ1) is 44.1. The second kappa shape index (κ2) is 37.8. The first kappa shape index (κ1) is 73.5. The summed E-state index contributed by atoms with van der Waals surface area (Å²) in [6.45, 7) is 1.05. The van der Waals surface area contributed by atoms with E-state index in [1.165, 1.54) is 13.8 Å². The highest BCUT2D eigenvalue weighted by Gasteiger charge is 2.38. The second-order valence-electron chi connectivity index (χ2n) is 22.2. The molecule has 0 bridgehead atoms. The Morgan fingerprint density at radius 1 is 0.467 bits per heavy atom. The average Bonchev–Trinajstić information content (AvgIpc) is 2.10. The van der Waals surface area contributed by atoms with Crippen LogP contribution in [-0.2, 0) is 60.8 Å². The summed E-state index contributed by atoms with van der Waals surface area (Å²) in [5.74, 6) is -10.3. The molecule has 1 fully saturated rings. The van der Waals surface area contributed by atoms with Crippen molar-refractivity contribution in [1.29, 1.82) is 0 Å². The summed E-state index contributed by atoms with van der Waals surface area (Å²) in [7, 11) is 0. The normalized spacial score (nSPS) is 21.5. The molecule has 1 saturated heterocycles. The number of carbonyl (C=O) groups excluding carboxylic acids is 11. The molecule has 29 heteroatoms. The van der Waals surface area contributed by atoms with Gasteiger partial charge in [0.05, 0.1) is 12.2 Å². The van der Waals surface area contributed by atoms with Crippen molar-refractivity contribution in [3.8, 4) is 11.1 Å². The molecular weight excluding hydrogens is 1190 g/mol. The summed E-state index contributed by atoms with van der Waals surface area (Å²) in [4.78, 5) is 156. The Kier molecular flexibility index (Phi) is 30.2. The molecule has 0 unspecified atom stereocenters. The van der Waals surface area contributed by atoms with Crippen LogP contribution in [0.2, 0.25) is 0 Å². The molecule has 29 nitrogen and oxygen atoms in total. The van der Waals surface area contributed by atoms with Crippen molar-refractivity contribution in [2.45, 2.75) is 138 Å². The van der Waals surface area contributed by atoms with E-state index >= 15 is 0 Å². The van der Waals surface area contributed by atoms with Crippen LogP contribution in [-0.4, -0.2) is 187 Å².